The lowest BCUT2D eigenvalue weighted by atomic mass is 10.1. The van der Waals surface area contributed by atoms with Gasteiger partial charge < -0.3 is 14.8 Å². The Labute approximate surface area is 149 Å². The normalized spacial score (nSPS) is 17.2. The van der Waals surface area contributed by atoms with Crippen LogP contribution in [-0.2, 0) is 0 Å². The third-order valence-corrected chi connectivity index (χ3v) is 5.15. The number of carbonyl (C=O) groups excluding carboxylic acids is 1. The molecule has 0 radical (unpaired) electrons. The molecule has 0 saturated heterocycles. The maximum absolute atomic E-state index is 12.4. The lowest BCUT2D eigenvalue weighted by Crippen LogP contribution is -2.17. The van der Waals surface area contributed by atoms with E-state index in [0.717, 1.165) is 12.8 Å². The van der Waals surface area contributed by atoms with Crippen LogP contribution in [-0.4, -0.2) is 19.1 Å². The molecule has 0 bridgehead atoms. The fourth-order valence-corrected chi connectivity index (χ4v) is 2.93. The fourth-order valence-electron chi connectivity index (χ4n) is 2.63. The number of fused-ring (bicyclic) bond motifs is 1. The molecule has 1 aliphatic carbocycles. The number of nitrogens with one attached hydrogen (secondary N) is 1. The van der Waals surface area contributed by atoms with Crippen LogP contribution in [0.5, 0.6) is 11.5 Å². The van der Waals surface area contributed by atoms with Crippen molar-refractivity contribution in [2.75, 3.05) is 18.5 Å². The predicted octanol–water partition coefficient (Wildman–Crippen LogP) is 4.80. The number of carbonyl (C=O) groups is 1. The predicted molar refractivity (Wildman–Crippen MR) is 93.5 cm³/mol. The molecule has 4 rings (SSSR count). The summed E-state index contributed by atoms with van der Waals surface area (Å²) in [7, 11) is 0. The number of amides is 1. The van der Waals surface area contributed by atoms with Crippen molar-refractivity contribution in [1.82, 2.24) is 0 Å². The van der Waals surface area contributed by atoms with Crippen LogP contribution < -0.4 is 14.8 Å². The van der Waals surface area contributed by atoms with Crippen LogP contribution in [0.3, 0.4) is 0 Å². The molecule has 1 spiro atoms. The fraction of sp³-hybridized carbons (Fsp3) is 0.278. The van der Waals surface area contributed by atoms with E-state index >= 15 is 0 Å². The van der Waals surface area contributed by atoms with Crippen molar-refractivity contribution in [3.63, 3.8) is 0 Å². The first-order valence-corrected chi connectivity index (χ1v) is 8.46. The molecule has 2 aliphatic rings. The highest BCUT2D eigenvalue weighted by Gasteiger charge is 2.46. The van der Waals surface area contributed by atoms with E-state index in [4.69, 9.17) is 32.7 Å². The van der Waals surface area contributed by atoms with Crippen LogP contribution in [0.2, 0.25) is 10.0 Å². The Bertz CT molecular complexity index is 818. The van der Waals surface area contributed by atoms with Gasteiger partial charge in [-0.1, -0.05) is 23.2 Å². The Hall–Kier alpha value is -1.91. The first kappa shape index (κ1) is 15.6. The van der Waals surface area contributed by atoms with Gasteiger partial charge in [0.25, 0.3) is 5.91 Å². The minimum Gasteiger partial charge on any atom is -0.489 e. The lowest BCUT2D eigenvalue weighted by molar-refractivity contribution is 0.102. The zero-order chi connectivity index (χ0) is 16.7. The largest absolute Gasteiger partial charge is 0.489 e. The van der Waals surface area contributed by atoms with E-state index in [0.29, 0.717) is 46.0 Å². The number of anilines is 1. The van der Waals surface area contributed by atoms with E-state index < -0.39 is 0 Å². The standard InChI is InChI=1S/C18H15Cl2NO3/c19-13-3-2-12(8-14(13)20)21-17(22)11-1-4-15-16(7-11)24-10-18(5-6-18)9-23-15/h1-4,7-8H,5-6,9-10H2,(H,21,22). The van der Waals surface area contributed by atoms with Gasteiger partial charge in [0.1, 0.15) is 0 Å². The molecule has 1 amide bonds. The molecule has 1 N–H and O–H groups in total. The lowest BCUT2D eigenvalue weighted by Gasteiger charge is -2.10. The van der Waals surface area contributed by atoms with Gasteiger partial charge >= 0.3 is 0 Å². The summed E-state index contributed by atoms with van der Waals surface area (Å²) in [6.07, 6.45) is 2.26. The topological polar surface area (TPSA) is 47.6 Å². The van der Waals surface area contributed by atoms with Crippen LogP contribution in [0.15, 0.2) is 36.4 Å². The highest BCUT2D eigenvalue weighted by Crippen LogP contribution is 2.49. The number of hydrogen-bond acceptors (Lipinski definition) is 3. The van der Waals surface area contributed by atoms with Crippen LogP contribution in [0, 0.1) is 5.41 Å². The second kappa shape index (κ2) is 5.87. The van der Waals surface area contributed by atoms with Gasteiger partial charge in [-0.25, -0.2) is 0 Å². The quantitative estimate of drug-likeness (QED) is 0.833. The summed E-state index contributed by atoms with van der Waals surface area (Å²) >= 11 is 11.9. The van der Waals surface area contributed by atoms with E-state index in [9.17, 15) is 4.79 Å². The molecule has 2 aromatic carbocycles. The molecule has 24 heavy (non-hydrogen) atoms. The summed E-state index contributed by atoms with van der Waals surface area (Å²) in [5.74, 6) is 1.05. The van der Waals surface area contributed by atoms with Gasteiger partial charge in [-0.05, 0) is 49.2 Å². The minimum absolute atomic E-state index is 0.168. The van der Waals surface area contributed by atoms with E-state index in [1.807, 2.05) is 0 Å². The molecular formula is C18H15Cl2NO3. The number of ether oxygens (including phenoxy) is 2. The zero-order valence-corrected chi connectivity index (χ0v) is 14.3. The summed E-state index contributed by atoms with van der Waals surface area (Å²) in [5.41, 5.74) is 1.25. The Kier molecular flexibility index (Phi) is 3.82. The maximum Gasteiger partial charge on any atom is 0.255 e. The van der Waals surface area contributed by atoms with Crippen LogP contribution in [0.4, 0.5) is 5.69 Å². The number of halogens is 2. The molecular weight excluding hydrogens is 349 g/mol. The summed E-state index contributed by atoms with van der Waals surface area (Å²) in [5, 5.41) is 3.63. The first-order valence-electron chi connectivity index (χ1n) is 7.71. The van der Waals surface area contributed by atoms with E-state index in [1.165, 1.54) is 0 Å². The second-order valence-corrected chi connectivity index (χ2v) is 7.14. The Morgan fingerprint density at radius 1 is 0.958 bits per heavy atom. The van der Waals surface area contributed by atoms with Gasteiger partial charge in [0.15, 0.2) is 11.5 Å². The molecule has 1 saturated carbocycles. The highest BCUT2D eigenvalue weighted by atomic mass is 35.5. The molecule has 0 atom stereocenters. The van der Waals surface area contributed by atoms with Crippen molar-refractivity contribution in [2.45, 2.75) is 12.8 Å². The summed E-state index contributed by atoms with van der Waals surface area (Å²) in [4.78, 5) is 12.4. The summed E-state index contributed by atoms with van der Waals surface area (Å²) < 4.78 is 11.7. The van der Waals surface area contributed by atoms with Crippen LogP contribution >= 0.6 is 23.2 Å². The van der Waals surface area contributed by atoms with Gasteiger partial charge in [0, 0.05) is 16.7 Å². The minimum atomic E-state index is -0.245. The third kappa shape index (κ3) is 3.04. The Morgan fingerprint density at radius 2 is 1.71 bits per heavy atom. The molecule has 124 valence electrons. The number of rotatable bonds is 2. The van der Waals surface area contributed by atoms with Gasteiger partial charge in [-0.2, -0.15) is 0 Å². The van der Waals surface area contributed by atoms with Crippen LogP contribution in [0.25, 0.3) is 0 Å². The van der Waals surface area contributed by atoms with E-state index in [-0.39, 0.29) is 11.3 Å². The molecule has 4 nitrogen and oxygen atoms in total. The first-order chi connectivity index (χ1) is 11.5. The average molecular weight is 364 g/mol. The molecule has 0 unspecified atom stereocenters. The van der Waals surface area contributed by atoms with Crippen molar-refractivity contribution < 1.29 is 14.3 Å². The van der Waals surface area contributed by atoms with Crippen molar-refractivity contribution in [1.29, 1.82) is 0 Å². The smallest absolute Gasteiger partial charge is 0.255 e. The molecule has 1 heterocycles. The second-order valence-electron chi connectivity index (χ2n) is 6.32. The zero-order valence-electron chi connectivity index (χ0n) is 12.8. The average Bonchev–Trinajstić information content (AvgIpc) is 3.37. The van der Waals surface area contributed by atoms with Gasteiger partial charge in [0.05, 0.1) is 23.3 Å². The summed E-state index contributed by atoms with van der Waals surface area (Å²) in [6, 6.07) is 10.2. The van der Waals surface area contributed by atoms with Crippen molar-refractivity contribution in [3.05, 3.63) is 52.0 Å². The number of benzene rings is 2. The molecule has 0 aromatic heterocycles. The van der Waals surface area contributed by atoms with Crippen LogP contribution in [0.1, 0.15) is 23.2 Å². The van der Waals surface area contributed by atoms with Crippen molar-refractivity contribution >= 4 is 34.8 Å². The monoisotopic (exact) mass is 363 g/mol. The van der Waals surface area contributed by atoms with Gasteiger partial charge in [-0.15, -0.1) is 0 Å². The number of hydrogen-bond donors (Lipinski definition) is 1. The Balaban J connectivity index is 1.53. The van der Waals surface area contributed by atoms with Crippen molar-refractivity contribution in [3.8, 4) is 11.5 Å². The molecule has 1 aliphatic heterocycles. The SMILES string of the molecule is O=C(Nc1ccc(Cl)c(Cl)c1)c1ccc2c(c1)OCC1(CC1)CO2. The van der Waals surface area contributed by atoms with Gasteiger partial charge in [-0.3, -0.25) is 4.79 Å². The maximum atomic E-state index is 12.4. The molecule has 6 heteroatoms. The van der Waals surface area contributed by atoms with E-state index in [1.54, 1.807) is 36.4 Å². The Morgan fingerprint density at radius 3 is 2.42 bits per heavy atom. The van der Waals surface area contributed by atoms with E-state index in [2.05, 4.69) is 5.32 Å². The van der Waals surface area contributed by atoms with Gasteiger partial charge in [0.2, 0.25) is 0 Å². The molecule has 2 aromatic rings. The third-order valence-electron chi connectivity index (χ3n) is 4.41. The molecule has 1 fully saturated rings. The highest BCUT2D eigenvalue weighted by molar-refractivity contribution is 6.42. The summed E-state index contributed by atoms with van der Waals surface area (Å²) in [6.45, 7) is 1.31. The van der Waals surface area contributed by atoms with Crippen molar-refractivity contribution in [2.24, 2.45) is 5.41 Å².